The number of carbonyl (C=O) groups excluding carboxylic acids is 3. The van der Waals surface area contributed by atoms with Crippen molar-refractivity contribution >= 4 is 52.4 Å². The average Bonchev–Trinajstić information content (AvgIpc) is 3.03. The second kappa shape index (κ2) is 9.36. The number of nitrogens with zero attached hydrogens (tertiary/aromatic N) is 1. The van der Waals surface area contributed by atoms with Crippen LogP contribution in [0.3, 0.4) is 0 Å². The topological polar surface area (TPSA) is 84.9 Å². The van der Waals surface area contributed by atoms with Gasteiger partial charge in [-0.2, -0.15) is 0 Å². The molecule has 0 saturated carbocycles. The summed E-state index contributed by atoms with van der Waals surface area (Å²) in [7, 11) is 1.48. The predicted molar refractivity (Wildman–Crippen MR) is 125 cm³/mol. The molecule has 9 heteroatoms. The molecule has 0 aliphatic carbocycles. The lowest BCUT2D eigenvalue weighted by Crippen LogP contribution is -2.32. The first-order valence-electron chi connectivity index (χ1n) is 9.65. The molecule has 0 unspecified atom stereocenters. The van der Waals surface area contributed by atoms with Gasteiger partial charge < -0.3 is 14.8 Å². The first-order valence-corrected chi connectivity index (χ1v) is 10.4. The van der Waals surface area contributed by atoms with Crippen LogP contribution in [-0.2, 0) is 9.59 Å². The van der Waals surface area contributed by atoms with Crippen LogP contribution in [0.1, 0.15) is 10.4 Å². The Bertz CT molecular complexity index is 1290. The van der Waals surface area contributed by atoms with Crippen molar-refractivity contribution in [2.45, 2.75) is 0 Å². The highest BCUT2D eigenvalue weighted by Crippen LogP contribution is 2.31. The summed E-state index contributed by atoms with van der Waals surface area (Å²) in [4.78, 5) is 38.8. The molecule has 0 fully saturated rings. The minimum atomic E-state index is -0.663. The molecule has 1 aliphatic heterocycles. The number of ether oxygens (including phenoxy) is 2. The number of nitrogens with one attached hydrogen (secondary N) is 1. The number of hydrogen-bond acceptors (Lipinski definition) is 6. The smallest absolute Gasteiger partial charge is 0.343 e. The Morgan fingerprint density at radius 2 is 1.58 bits per heavy atom. The van der Waals surface area contributed by atoms with Gasteiger partial charge in [-0.25, -0.2) is 9.69 Å². The fraction of sp³-hybridized carbons (Fsp3) is 0.0417. The molecule has 0 atom stereocenters. The molecule has 0 aromatic heterocycles. The molecule has 166 valence electrons. The van der Waals surface area contributed by atoms with Crippen LogP contribution in [0.5, 0.6) is 11.5 Å². The van der Waals surface area contributed by atoms with E-state index in [0.29, 0.717) is 27.9 Å². The first-order chi connectivity index (χ1) is 15.9. The number of benzene rings is 3. The maximum Gasteiger partial charge on any atom is 0.343 e. The molecule has 0 bridgehead atoms. The normalized spacial score (nSPS) is 13.4. The maximum absolute atomic E-state index is 12.9. The number of methoxy groups -OCH3 is 1. The molecule has 4 rings (SSSR count). The van der Waals surface area contributed by atoms with Crippen LogP contribution in [0.25, 0.3) is 0 Å². The van der Waals surface area contributed by atoms with E-state index in [1.807, 2.05) is 0 Å². The van der Waals surface area contributed by atoms with Gasteiger partial charge in [0, 0.05) is 10.7 Å². The summed E-state index contributed by atoms with van der Waals surface area (Å²) in [6, 6.07) is 19.3. The van der Waals surface area contributed by atoms with E-state index in [0.717, 1.165) is 4.90 Å². The van der Waals surface area contributed by atoms with Gasteiger partial charge in [-0.3, -0.25) is 9.59 Å². The second-order valence-electron chi connectivity index (χ2n) is 6.86. The Morgan fingerprint density at radius 3 is 2.24 bits per heavy atom. The lowest BCUT2D eigenvalue weighted by atomic mass is 10.2. The molecule has 2 amide bonds. The Labute approximate surface area is 199 Å². The molecule has 1 heterocycles. The summed E-state index contributed by atoms with van der Waals surface area (Å²) in [5, 5.41) is 2.98. The number of imide groups is 1. The third-order valence-electron chi connectivity index (χ3n) is 4.76. The third kappa shape index (κ3) is 4.55. The van der Waals surface area contributed by atoms with Crippen molar-refractivity contribution in [1.82, 2.24) is 0 Å². The van der Waals surface area contributed by atoms with Gasteiger partial charge in [0.25, 0.3) is 11.8 Å². The van der Waals surface area contributed by atoms with Gasteiger partial charge >= 0.3 is 5.97 Å². The van der Waals surface area contributed by atoms with E-state index in [4.69, 9.17) is 32.7 Å². The highest BCUT2D eigenvalue weighted by atomic mass is 35.5. The molecule has 7 nitrogen and oxygen atoms in total. The monoisotopic (exact) mass is 482 g/mol. The molecular formula is C24H16Cl2N2O5. The number of amides is 2. The molecule has 3 aromatic carbocycles. The van der Waals surface area contributed by atoms with E-state index in [1.54, 1.807) is 54.6 Å². The van der Waals surface area contributed by atoms with E-state index in [-0.39, 0.29) is 16.3 Å². The molecule has 0 saturated heterocycles. The molecular weight excluding hydrogens is 467 g/mol. The number of anilines is 2. The Morgan fingerprint density at radius 1 is 0.879 bits per heavy atom. The third-order valence-corrected chi connectivity index (χ3v) is 5.34. The lowest BCUT2D eigenvalue weighted by molar-refractivity contribution is -0.120. The number of para-hydroxylation sites is 2. The number of carbonyl (C=O) groups is 3. The summed E-state index contributed by atoms with van der Waals surface area (Å²) >= 11 is 12.1. The van der Waals surface area contributed by atoms with Crippen LogP contribution in [0.2, 0.25) is 5.02 Å². The molecule has 33 heavy (non-hydrogen) atoms. The zero-order chi connectivity index (χ0) is 23.5. The lowest BCUT2D eigenvalue weighted by Gasteiger charge is -2.15. The Balaban J connectivity index is 1.49. The standard InChI is InChI=1S/C24H16Cl2N2O5/c1-32-18-7-2-3-8-19(18)33-24(31)14-9-11-16(12-10-14)27-21-20(26)22(29)28(23(21)30)17-6-4-5-15(25)13-17/h2-13,27H,1H3. The summed E-state index contributed by atoms with van der Waals surface area (Å²) in [5.41, 5.74) is 0.958. The average molecular weight is 483 g/mol. The van der Waals surface area contributed by atoms with Crippen molar-refractivity contribution in [3.8, 4) is 11.5 Å². The van der Waals surface area contributed by atoms with E-state index in [9.17, 15) is 14.4 Å². The number of esters is 1. The second-order valence-corrected chi connectivity index (χ2v) is 7.67. The summed E-state index contributed by atoms with van der Waals surface area (Å²) in [6.45, 7) is 0. The predicted octanol–water partition coefficient (Wildman–Crippen LogP) is 5.00. The van der Waals surface area contributed by atoms with Crippen molar-refractivity contribution in [1.29, 1.82) is 0 Å². The summed E-state index contributed by atoms with van der Waals surface area (Å²) in [5.74, 6) is -1.14. The SMILES string of the molecule is COc1ccccc1OC(=O)c1ccc(NC2=C(Cl)C(=O)N(c3cccc(Cl)c3)C2=O)cc1. The van der Waals surface area contributed by atoms with Gasteiger partial charge in [-0.1, -0.05) is 41.4 Å². The minimum Gasteiger partial charge on any atom is -0.493 e. The summed E-state index contributed by atoms with van der Waals surface area (Å²) < 4.78 is 10.6. The fourth-order valence-electron chi connectivity index (χ4n) is 3.16. The van der Waals surface area contributed by atoms with E-state index >= 15 is 0 Å². The van der Waals surface area contributed by atoms with E-state index in [2.05, 4.69) is 5.32 Å². The van der Waals surface area contributed by atoms with Gasteiger partial charge in [0.1, 0.15) is 10.7 Å². The van der Waals surface area contributed by atoms with Gasteiger partial charge in [0.2, 0.25) is 0 Å². The molecule has 0 spiro atoms. The summed E-state index contributed by atoms with van der Waals surface area (Å²) in [6.07, 6.45) is 0. The number of hydrogen-bond donors (Lipinski definition) is 1. The zero-order valence-corrected chi connectivity index (χ0v) is 18.7. The molecule has 0 radical (unpaired) electrons. The van der Waals surface area contributed by atoms with Gasteiger partial charge in [0.15, 0.2) is 11.5 Å². The van der Waals surface area contributed by atoms with Crippen LogP contribution in [0.4, 0.5) is 11.4 Å². The van der Waals surface area contributed by atoms with Gasteiger partial charge in [-0.05, 0) is 54.6 Å². The van der Waals surface area contributed by atoms with Crippen molar-refractivity contribution in [3.05, 3.63) is 94.1 Å². The molecule has 1 N–H and O–H groups in total. The van der Waals surface area contributed by atoms with Crippen molar-refractivity contribution in [2.24, 2.45) is 0 Å². The minimum absolute atomic E-state index is 0.0778. The maximum atomic E-state index is 12.9. The van der Waals surface area contributed by atoms with Crippen molar-refractivity contribution < 1.29 is 23.9 Å². The van der Waals surface area contributed by atoms with E-state index in [1.165, 1.54) is 25.3 Å². The van der Waals surface area contributed by atoms with Gasteiger partial charge in [-0.15, -0.1) is 0 Å². The highest BCUT2D eigenvalue weighted by Gasteiger charge is 2.39. The Hall–Kier alpha value is -3.81. The van der Waals surface area contributed by atoms with Crippen LogP contribution in [0.15, 0.2) is 83.5 Å². The Kier molecular flexibility index (Phi) is 6.35. The number of halogens is 2. The van der Waals surface area contributed by atoms with Crippen molar-refractivity contribution in [2.75, 3.05) is 17.3 Å². The quantitative estimate of drug-likeness (QED) is 0.302. The fourth-order valence-corrected chi connectivity index (χ4v) is 3.55. The van der Waals surface area contributed by atoms with Crippen molar-refractivity contribution in [3.63, 3.8) is 0 Å². The van der Waals surface area contributed by atoms with Crippen LogP contribution < -0.4 is 19.7 Å². The van der Waals surface area contributed by atoms with E-state index < -0.39 is 17.8 Å². The highest BCUT2D eigenvalue weighted by molar-refractivity contribution is 6.53. The van der Waals surface area contributed by atoms with Crippen LogP contribution in [-0.4, -0.2) is 24.9 Å². The molecule has 3 aromatic rings. The number of rotatable bonds is 6. The van der Waals surface area contributed by atoms with Gasteiger partial charge in [0.05, 0.1) is 18.4 Å². The van der Waals surface area contributed by atoms with Crippen LogP contribution in [0, 0.1) is 0 Å². The zero-order valence-electron chi connectivity index (χ0n) is 17.2. The van der Waals surface area contributed by atoms with Crippen LogP contribution >= 0.6 is 23.2 Å². The molecule has 1 aliphatic rings. The first kappa shape index (κ1) is 22.4. The largest absolute Gasteiger partial charge is 0.493 e.